The van der Waals surface area contributed by atoms with Gasteiger partial charge in [-0.2, -0.15) is 4.99 Å². The Balaban J connectivity index is 2.12. The molecule has 6 nitrogen and oxygen atoms in total. The highest BCUT2D eigenvalue weighted by Crippen LogP contribution is 2.12. The largest absolute Gasteiger partial charge is 0.327 e. The molecule has 7 heteroatoms. The fourth-order valence-electron chi connectivity index (χ4n) is 1.44. The number of hydrogen-bond acceptors (Lipinski definition) is 4. The minimum Gasteiger partial charge on any atom is -0.327 e. The number of carbonyl (C=O) groups is 1. The molecule has 102 valence electrons. The molecule has 2 aromatic rings. The van der Waals surface area contributed by atoms with Crippen molar-refractivity contribution in [2.45, 2.75) is 0 Å². The molecule has 0 radical (unpaired) electrons. The average Bonchev–Trinajstić information content (AvgIpc) is 2.82. The van der Waals surface area contributed by atoms with Crippen LogP contribution in [0.4, 0.5) is 5.69 Å². The molecular formula is C13H11N3O3S. The molecule has 1 aromatic carbocycles. The summed E-state index contributed by atoms with van der Waals surface area (Å²) >= 11 is 1.37. The predicted molar refractivity (Wildman–Crippen MR) is 76.0 cm³/mol. The molecule has 1 heterocycles. The molecule has 0 saturated heterocycles. The lowest BCUT2D eigenvalue weighted by atomic mass is 10.2. The van der Waals surface area contributed by atoms with E-state index in [1.807, 2.05) is 18.6 Å². The molecule has 0 aliphatic rings. The number of benzene rings is 1. The second kappa shape index (κ2) is 6.07. The highest BCUT2D eigenvalue weighted by molar-refractivity contribution is 7.07. The van der Waals surface area contributed by atoms with Gasteiger partial charge >= 0.3 is 0 Å². The fraction of sp³-hybridized carbons (Fsp3) is 0.0769. The Bertz CT molecular complexity index is 726. The SMILES string of the molecule is Cn1ccsc1=NC(=O)C=Cc1ccc([N+](=O)[O-])cc1. The van der Waals surface area contributed by atoms with E-state index in [1.54, 1.807) is 22.8 Å². The number of nitrogens with zero attached hydrogens (tertiary/aromatic N) is 3. The van der Waals surface area contributed by atoms with Crippen LogP contribution in [0.3, 0.4) is 0 Å². The molecule has 0 fully saturated rings. The molecular weight excluding hydrogens is 278 g/mol. The molecule has 0 aliphatic heterocycles. The second-order valence-electron chi connectivity index (χ2n) is 3.93. The summed E-state index contributed by atoms with van der Waals surface area (Å²) in [5, 5.41) is 12.3. The first-order chi connectivity index (χ1) is 9.56. The number of nitro groups is 1. The van der Waals surface area contributed by atoms with Gasteiger partial charge in [-0.25, -0.2) is 0 Å². The van der Waals surface area contributed by atoms with Crippen LogP contribution in [0, 0.1) is 10.1 Å². The highest BCUT2D eigenvalue weighted by Gasteiger charge is 2.02. The van der Waals surface area contributed by atoms with Crippen molar-refractivity contribution in [1.29, 1.82) is 0 Å². The van der Waals surface area contributed by atoms with Crippen LogP contribution in [-0.2, 0) is 11.8 Å². The Labute approximate surface area is 118 Å². The number of non-ortho nitro benzene ring substituents is 1. The van der Waals surface area contributed by atoms with E-state index in [9.17, 15) is 14.9 Å². The van der Waals surface area contributed by atoms with Crippen LogP contribution < -0.4 is 4.80 Å². The summed E-state index contributed by atoms with van der Waals surface area (Å²) in [5.74, 6) is -0.374. The van der Waals surface area contributed by atoms with Crippen LogP contribution >= 0.6 is 11.3 Å². The average molecular weight is 289 g/mol. The maximum absolute atomic E-state index is 11.6. The van der Waals surface area contributed by atoms with Crippen LogP contribution in [0.1, 0.15) is 5.56 Å². The molecule has 0 N–H and O–H groups in total. The lowest BCUT2D eigenvalue weighted by Crippen LogP contribution is -2.11. The van der Waals surface area contributed by atoms with Crippen molar-refractivity contribution < 1.29 is 9.72 Å². The number of aryl methyl sites for hydroxylation is 1. The zero-order valence-corrected chi connectivity index (χ0v) is 11.4. The van der Waals surface area contributed by atoms with Crippen LogP contribution in [0.2, 0.25) is 0 Å². The first kappa shape index (κ1) is 13.9. The van der Waals surface area contributed by atoms with Crippen LogP contribution in [0.15, 0.2) is 46.9 Å². The molecule has 2 rings (SSSR count). The molecule has 0 unspecified atom stereocenters. The summed E-state index contributed by atoms with van der Waals surface area (Å²) in [4.78, 5) is 26.2. The van der Waals surface area contributed by atoms with Crippen LogP contribution in [-0.4, -0.2) is 15.4 Å². The topological polar surface area (TPSA) is 77.5 Å². The third kappa shape index (κ3) is 3.48. The van der Waals surface area contributed by atoms with Crippen molar-refractivity contribution in [3.05, 3.63) is 62.4 Å². The maximum Gasteiger partial charge on any atom is 0.272 e. The van der Waals surface area contributed by atoms with E-state index in [2.05, 4.69) is 4.99 Å². The number of nitro benzene ring substituents is 1. The Hall–Kier alpha value is -2.54. The van der Waals surface area contributed by atoms with Gasteiger partial charge in [0, 0.05) is 36.8 Å². The van der Waals surface area contributed by atoms with E-state index < -0.39 is 4.92 Å². The predicted octanol–water partition coefficient (Wildman–Crippen LogP) is 2.14. The highest BCUT2D eigenvalue weighted by atomic mass is 32.1. The molecule has 1 aromatic heterocycles. The van der Waals surface area contributed by atoms with Gasteiger partial charge in [0.1, 0.15) is 0 Å². The van der Waals surface area contributed by atoms with Gasteiger partial charge in [0.25, 0.3) is 11.6 Å². The third-order valence-electron chi connectivity index (χ3n) is 2.49. The van der Waals surface area contributed by atoms with E-state index in [-0.39, 0.29) is 11.6 Å². The number of hydrogen-bond donors (Lipinski definition) is 0. The number of rotatable bonds is 3. The first-order valence-electron chi connectivity index (χ1n) is 5.67. The summed E-state index contributed by atoms with van der Waals surface area (Å²) in [6.07, 6.45) is 4.72. The zero-order valence-electron chi connectivity index (χ0n) is 10.6. The molecule has 0 aliphatic carbocycles. The molecule has 0 saturated carbocycles. The van der Waals surface area contributed by atoms with Gasteiger partial charge < -0.3 is 4.57 Å². The molecule has 20 heavy (non-hydrogen) atoms. The van der Waals surface area contributed by atoms with Crippen molar-refractivity contribution in [2.75, 3.05) is 0 Å². The van der Waals surface area contributed by atoms with Gasteiger partial charge in [0.15, 0.2) is 4.80 Å². The van der Waals surface area contributed by atoms with Gasteiger partial charge in [-0.15, -0.1) is 11.3 Å². The van der Waals surface area contributed by atoms with Gasteiger partial charge in [-0.05, 0) is 23.8 Å². The maximum atomic E-state index is 11.6. The quantitative estimate of drug-likeness (QED) is 0.493. The number of amides is 1. The van der Waals surface area contributed by atoms with Crippen molar-refractivity contribution in [2.24, 2.45) is 12.0 Å². The van der Waals surface area contributed by atoms with Crippen molar-refractivity contribution >= 4 is 29.0 Å². The molecule has 1 amide bonds. The number of aromatic nitrogens is 1. The third-order valence-corrected chi connectivity index (χ3v) is 3.34. The van der Waals surface area contributed by atoms with Gasteiger partial charge in [-0.3, -0.25) is 14.9 Å². The van der Waals surface area contributed by atoms with Gasteiger partial charge in [0.2, 0.25) is 0 Å². The van der Waals surface area contributed by atoms with Crippen molar-refractivity contribution in [3.8, 4) is 0 Å². The van der Waals surface area contributed by atoms with Gasteiger partial charge in [0.05, 0.1) is 4.92 Å². The Morgan fingerprint density at radius 3 is 2.65 bits per heavy atom. The second-order valence-corrected chi connectivity index (χ2v) is 4.80. The minimum absolute atomic E-state index is 0.0174. The Kier molecular flexibility index (Phi) is 4.21. The monoisotopic (exact) mass is 289 g/mol. The minimum atomic E-state index is -0.467. The number of carbonyl (C=O) groups excluding carboxylic acids is 1. The van der Waals surface area contributed by atoms with Crippen LogP contribution in [0.25, 0.3) is 6.08 Å². The first-order valence-corrected chi connectivity index (χ1v) is 6.55. The van der Waals surface area contributed by atoms with Gasteiger partial charge in [-0.1, -0.05) is 0 Å². The smallest absolute Gasteiger partial charge is 0.272 e. The van der Waals surface area contributed by atoms with E-state index in [1.165, 1.54) is 29.5 Å². The summed E-state index contributed by atoms with van der Waals surface area (Å²) in [6, 6.07) is 5.93. The summed E-state index contributed by atoms with van der Waals surface area (Å²) in [7, 11) is 1.81. The molecule has 0 bridgehead atoms. The summed E-state index contributed by atoms with van der Waals surface area (Å²) in [6.45, 7) is 0. The summed E-state index contributed by atoms with van der Waals surface area (Å²) < 4.78 is 1.75. The molecule has 0 atom stereocenters. The Morgan fingerprint density at radius 2 is 2.10 bits per heavy atom. The van der Waals surface area contributed by atoms with E-state index >= 15 is 0 Å². The lowest BCUT2D eigenvalue weighted by Gasteiger charge is -1.93. The number of thiazole rings is 1. The summed E-state index contributed by atoms with van der Waals surface area (Å²) in [5.41, 5.74) is 0.721. The Morgan fingerprint density at radius 1 is 1.40 bits per heavy atom. The van der Waals surface area contributed by atoms with E-state index in [0.29, 0.717) is 10.4 Å². The van der Waals surface area contributed by atoms with E-state index in [0.717, 1.165) is 0 Å². The standard InChI is InChI=1S/C13H11N3O3S/c1-15-8-9-20-13(15)14-12(17)7-4-10-2-5-11(6-3-10)16(18)19/h2-9H,1H3. The van der Waals surface area contributed by atoms with Crippen molar-refractivity contribution in [1.82, 2.24) is 4.57 Å². The lowest BCUT2D eigenvalue weighted by molar-refractivity contribution is -0.384. The normalized spacial score (nSPS) is 11.9. The van der Waals surface area contributed by atoms with E-state index in [4.69, 9.17) is 0 Å². The van der Waals surface area contributed by atoms with Crippen molar-refractivity contribution in [3.63, 3.8) is 0 Å². The fourth-order valence-corrected chi connectivity index (χ4v) is 2.18. The molecule has 0 spiro atoms. The van der Waals surface area contributed by atoms with Crippen LogP contribution in [0.5, 0.6) is 0 Å². The zero-order chi connectivity index (χ0) is 14.5.